The summed E-state index contributed by atoms with van der Waals surface area (Å²) in [4.78, 5) is 0. The van der Waals surface area contributed by atoms with Gasteiger partial charge in [0.05, 0.1) is 0 Å². The third-order valence-corrected chi connectivity index (χ3v) is 2.77. The molecule has 0 nitrogen and oxygen atoms in total. The van der Waals surface area contributed by atoms with E-state index in [-0.39, 0.29) is 0 Å². The van der Waals surface area contributed by atoms with Crippen LogP contribution in [-0.4, -0.2) is 17.7 Å². The van der Waals surface area contributed by atoms with Gasteiger partial charge in [-0.3, -0.25) is 0 Å². The fraction of sp³-hybridized carbons (Fsp3) is 0. The number of rotatable bonds is 1. The standard InChI is InChI=1S/C12H8Br.Li/c13-12-8-4-7-11(9-12)10-5-2-1-3-6-10;/h1-5,7-9H;. The van der Waals surface area contributed by atoms with E-state index in [0.29, 0.717) is 0 Å². The van der Waals surface area contributed by atoms with Crippen molar-refractivity contribution in [1.82, 2.24) is 0 Å². The fourth-order valence-corrected chi connectivity index (χ4v) is 1.95. The number of hydrogen-bond donors (Lipinski definition) is 0. The van der Waals surface area contributed by atoms with Crippen molar-refractivity contribution in [1.29, 1.82) is 0 Å². The van der Waals surface area contributed by atoms with Gasteiger partial charge in [-0.2, -0.15) is 0 Å². The Morgan fingerprint density at radius 2 is 1.71 bits per heavy atom. The van der Waals surface area contributed by atoms with E-state index in [2.05, 4.69) is 76.1 Å². The second-order valence-electron chi connectivity index (χ2n) is 3.33. The molecule has 0 saturated carbocycles. The molecule has 0 aliphatic heterocycles. The normalized spacial score (nSPS) is 10.2. The van der Waals surface area contributed by atoms with E-state index < -0.39 is 0 Å². The molecule has 2 heteroatoms. The van der Waals surface area contributed by atoms with Gasteiger partial charge in [-0.15, -0.1) is 0 Å². The van der Waals surface area contributed by atoms with Crippen LogP contribution >= 0.6 is 15.9 Å². The zero-order valence-electron chi connectivity index (χ0n) is 8.00. The molecule has 2 aromatic rings. The summed E-state index contributed by atoms with van der Waals surface area (Å²) in [5, 5.41) is 0. The summed E-state index contributed by atoms with van der Waals surface area (Å²) >= 11 is 5.62. The first kappa shape index (κ1) is 10.0. The molecule has 0 fully saturated rings. The van der Waals surface area contributed by atoms with Crippen molar-refractivity contribution in [3.63, 3.8) is 0 Å². The summed E-state index contributed by atoms with van der Waals surface area (Å²) in [6.45, 7) is 0. The Kier molecular flexibility index (Phi) is 3.13. The van der Waals surface area contributed by atoms with E-state index in [9.17, 15) is 0 Å². The molecule has 0 aromatic heterocycles. The van der Waals surface area contributed by atoms with Crippen molar-refractivity contribution in [2.45, 2.75) is 0 Å². The first-order chi connectivity index (χ1) is 6.77. The molecular weight excluding hydrogens is 231 g/mol. The maximum atomic E-state index is 3.48. The van der Waals surface area contributed by atoms with Crippen LogP contribution in [0.4, 0.5) is 0 Å². The molecule has 0 bridgehead atoms. The molecule has 2 aromatic carbocycles. The predicted molar refractivity (Wildman–Crippen MR) is 65.0 cm³/mol. The summed E-state index contributed by atoms with van der Waals surface area (Å²) in [6.07, 6.45) is 0. The van der Waals surface area contributed by atoms with E-state index >= 15 is 0 Å². The Morgan fingerprint density at radius 1 is 0.929 bits per heavy atom. The van der Waals surface area contributed by atoms with Gasteiger partial charge in [-0.1, -0.05) is 0 Å². The van der Waals surface area contributed by atoms with Gasteiger partial charge in [0.15, 0.2) is 0 Å². The van der Waals surface area contributed by atoms with Crippen molar-refractivity contribution in [2.75, 3.05) is 0 Å². The minimum absolute atomic E-state index is 1.12. The Morgan fingerprint density at radius 3 is 2.43 bits per heavy atom. The molecule has 0 aliphatic rings. The predicted octanol–water partition coefficient (Wildman–Crippen LogP) is 2.91. The molecule has 0 heterocycles. The summed E-state index contributed by atoms with van der Waals surface area (Å²) in [7, 11) is 0. The third kappa shape index (κ3) is 2.12. The van der Waals surface area contributed by atoms with Crippen LogP contribution in [0.5, 0.6) is 0 Å². The Labute approximate surface area is 102 Å². The monoisotopic (exact) mass is 238 g/mol. The van der Waals surface area contributed by atoms with Gasteiger partial charge < -0.3 is 0 Å². The molecule has 0 saturated heterocycles. The third-order valence-electron chi connectivity index (χ3n) is 2.28. The molecule has 0 spiro atoms. The Hall–Kier alpha value is -0.483. The molecular formula is C12H8BrLi. The molecule has 2 rings (SSSR count). The molecule has 0 N–H and O–H groups in total. The zero-order chi connectivity index (χ0) is 9.97. The molecule has 0 amide bonds. The molecule has 0 radical (unpaired) electrons. The van der Waals surface area contributed by atoms with Gasteiger partial charge in [-0.05, 0) is 0 Å². The van der Waals surface area contributed by atoms with Crippen LogP contribution in [0.15, 0.2) is 53.0 Å². The molecule has 0 aliphatic carbocycles. The van der Waals surface area contributed by atoms with Crippen molar-refractivity contribution in [3.8, 4) is 11.1 Å². The Bertz CT molecular complexity index is 452. The average molecular weight is 239 g/mol. The van der Waals surface area contributed by atoms with Crippen molar-refractivity contribution in [2.24, 2.45) is 0 Å². The van der Waals surface area contributed by atoms with Crippen LogP contribution in [0.2, 0.25) is 0 Å². The number of hydrogen-bond acceptors (Lipinski definition) is 0. The van der Waals surface area contributed by atoms with Gasteiger partial charge >= 0.3 is 102 Å². The van der Waals surface area contributed by atoms with Crippen LogP contribution in [0, 0.1) is 0 Å². The Balaban J connectivity index is 2.55. The summed E-state index contributed by atoms with van der Waals surface area (Å²) in [6, 6.07) is 16.8. The summed E-state index contributed by atoms with van der Waals surface area (Å²) < 4.78 is 2.43. The number of benzene rings is 2. The minimum atomic E-state index is 1.12. The average Bonchev–Trinajstić information content (AvgIpc) is 2.18. The van der Waals surface area contributed by atoms with Crippen LogP contribution in [0.25, 0.3) is 11.1 Å². The second kappa shape index (κ2) is 4.36. The SMILES string of the molecule is [Li][c]1ccccc1-c1cccc(Br)c1. The summed E-state index contributed by atoms with van der Waals surface area (Å²) in [5.74, 6) is 0. The maximum absolute atomic E-state index is 3.48. The van der Waals surface area contributed by atoms with Gasteiger partial charge in [0.25, 0.3) is 0 Å². The van der Waals surface area contributed by atoms with E-state index in [4.69, 9.17) is 0 Å². The van der Waals surface area contributed by atoms with Gasteiger partial charge in [0.2, 0.25) is 0 Å². The van der Waals surface area contributed by atoms with Gasteiger partial charge in [-0.25, -0.2) is 0 Å². The molecule has 64 valence electrons. The van der Waals surface area contributed by atoms with E-state index in [1.165, 1.54) is 15.4 Å². The van der Waals surface area contributed by atoms with Crippen molar-refractivity contribution < 1.29 is 0 Å². The van der Waals surface area contributed by atoms with Crippen LogP contribution in [0.1, 0.15) is 0 Å². The fourth-order valence-electron chi connectivity index (χ4n) is 1.55. The van der Waals surface area contributed by atoms with Gasteiger partial charge in [0, 0.05) is 0 Å². The van der Waals surface area contributed by atoms with E-state index in [1.54, 1.807) is 0 Å². The summed E-state index contributed by atoms with van der Waals surface area (Å²) in [5.41, 5.74) is 2.56. The topological polar surface area (TPSA) is 0 Å². The van der Waals surface area contributed by atoms with Gasteiger partial charge in [0.1, 0.15) is 0 Å². The number of halogens is 1. The van der Waals surface area contributed by atoms with Crippen LogP contribution < -0.4 is 4.24 Å². The van der Waals surface area contributed by atoms with Crippen LogP contribution in [0.3, 0.4) is 0 Å². The first-order valence-electron chi connectivity index (χ1n) is 4.59. The van der Waals surface area contributed by atoms with E-state index in [0.717, 1.165) is 4.47 Å². The molecule has 0 unspecified atom stereocenters. The second-order valence-corrected chi connectivity index (χ2v) is 4.24. The quantitative estimate of drug-likeness (QED) is 0.671. The molecule has 0 atom stereocenters. The first-order valence-corrected chi connectivity index (χ1v) is 5.38. The van der Waals surface area contributed by atoms with Crippen molar-refractivity contribution in [3.05, 3.63) is 53.0 Å². The van der Waals surface area contributed by atoms with E-state index in [1.807, 2.05) is 6.07 Å². The van der Waals surface area contributed by atoms with Crippen LogP contribution in [-0.2, 0) is 0 Å². The molecule has 14 heavy (non-hydrogen) atoms. The zero-order valence-corrected chi connectivity index (χ0v) is 9.58. The van der Waals surface area contributed by atoms with Crippen molar-refractivity contribution >= 4 is 37.9 Å².